The molecular formula is C15H21N3. The zero-order valence-electron chi connectivity index (χ0n) is 11.2. The molecule has 2 heterocycles. The number of likely N-dealkylation sites (N-methyl/N-ethyl adjacent to an activating group) is 1. The summed E-state index contributed by atoms with van der Waals surface area (Å²) in [6, 6.07) is 9.17. The van der Waals surface area contributed by atoms with E-state index in [0.717, 1.165) is 26.1 Å². The van der Waals surface area contributed by atoms with Crippen LogP contribution in [0.1, 0.15) is 11.3 Å². The predicted molar refractivity (Wildman–Crippen MR) is 76.0 cm³/mol. The van der Waals surface area contributed by atoms with E-state index in [1.807, 2.05) is 0 Å². The van der Waals surface area contributed by atoms with E-state index in [9.17, 15) is 0 Å². The van der Waals surface area contributed by atoms with Crippen molar-refractivity contribution in [1.29, 1.82) is 0 Å². The molecule has 0 aliphatic carbocycles. The third kappa shape index (κ3) is 2.16. The molecule has 0 amide bonds. The second-order valence-electron chi connectivity index (χ2n) is 5.39. The molecule has 1 unspecified atom stereocenters. The minimum Gasteiger partial charge on any atom is -0.358 e. The molecular weight excluding hydrogens is 222 g/mol. The lowest BCUT2D eigenvalue weighted by Gasteiger charge is -2.31. The molecule has 0 bridgehead atoms. The first kappa shape index (κ1) is 11.8. The zero-order chi connectivity index (χ0) is 12.5. The maximum atomic E-state index is 3.62. The number of benzene rings is 1. The van der Waals surface area contributed by atoms with Gasteiger partial charge in [0.2, 0.25) is 0 Å². The normalized spacial score (nSPS) is 21.6. The second-order valence-corrected chi connectivity index (χ2v) is 5.39. The van der Waals surface area contributed by atoms with Gasteiger partial charge in [-0.1, -0.05) is 18.2 Å². The van der Waals surface area contributed by atoms with Crippen molar-refractivity contribution in [2.75, 3.05) is 26.7 Å². The van der Waals surface area contributed by atoms with E-state index in [0.29, 0.717) is 6.04 Å². The number of aromatic amines is 1. The SMILES string of the molecule is Cc1[nH]c2ccccc2c1CC1CN(C)CCN1. The molecule has 1 atom stereocenters. The Balaban J connectivity index is 1.87. The van der Waals surface area contributed by atoms with E-state index in [2.05, 4.69) is 53.4 Å². The summed E-state index contributed by atoms with van der Waals surface area (Å²) in [4.78, 5) is 5.89. The first-order valence-corrected chi connectivity index (χ1v) is 6.72. The summed E-state index contributed by atoms with van der Waals surface area (Å²) in [6.45, 7) is 5.58. The Morgan fingerprint density at radius 3 is 3.00 bits per heavy atom. The molecule has 1 aromatic carbocycles. The lowest BCUT2D eigenvalue weighted by Crippen LogP contribution is -2.49. The fourth-order valence-corrected chi connectivity index (χ4v) is 2.97. The smallest absolute Gasteiger partial charge is 0.0458 e. The number of nitrogens with zero attached hydrogens (tertiary/aromatic N) is 1. The predicted octanol–water partition coefficient (Wildman–Crippen LogP) is 1.92. The van der Waals surface area contributed by atoms with Crippen molar-refractivity contribution in [2.45, 2.75) is 19.4 Å². The van der Waals surface area contributed by atoms with Crippen LogP contribution in [0.15, 0.2) is 24.3 Å². The Morgan fingerprint density at radius 2 is 2.17 bits per heavy atom. The van der Waals surface area contributed by atoms with Gasteiger partial charge in [0, 0.05) is 42.3 Å². The Bertz CT molecular complexity index is 544. The molecule has 1 aromatic heterocycles. The van der Waals surface area contributed by atoms with Crippen molar-refractivity contribution >= 4 is 10.9 Å². The van der Waals surface area contributed by atoms with Gasteiger partial charge in [-0.05, 0) is 32.0 Å². The first-order valence-electron chi connectivity index (χ1n) is 6.72. The Labute approximate surface area is 108 Å². The van der Waals surface area contributed by atoms with Crippen LogP contribution in [0.25, 0.3) is 10.9 Å². The molecule has 1 fully saturated rings. The van der Waals surface area contributed by atoms with Crippen molar-refractivity contribution in [3.63, 3.8) is 0 Å². The first-order chi connectivity index (χ1) is 8.74. The van der Waals surface area contributed by atoms with Gasteiger partial charge in [-0.3, -0.25) is 0 Å². The fraction of sp³-hybridized carbons (Fsp3) is 0.467. The van der Waals surface area contributed by atoms with Crippen molar-refractivity contribution in [3.8, 4) is 0 Å². The highest BCUT2D eigenvalue weighted by molar-refractivity contribution is 5.84. The molecule has 1 saturated heterocycles. The minimum absolute atomic E-state index is 0.571. The molecule has 18 heavy (non-hydrogen) atoms. The number of H-pyrrole nitrogens is 1. The van der Waals surface area contributed by atoms with Crippen LogP contribution in [0, 0.1) is 6.92 Å². The van der Waals surface area contributed by atoms with E-state index in [1.54, 1.807) is 0 Å². The summed E-state index contributed by atoms with van der Waals surface area (Å²) in [7, 11) is 2.20. The Hall–Kier alpha value is -1.32. The number of hydrogen-bond donors (Lipinski definition) is 2. The fourth-order valence-electron chi connectivity index (χ4n) is 2.97. The molecule has 1 aliphatic rings. The van der Waals surface area contributed by atoms with E-state index in [-0.39, 0.29) is 0 Å². The van der Waals surface area contributed by atoms with Gasteiger partial charge in [0.15, 0.2) is 0 Å². The highest BCUT2D eigenvalue weighted by Gasteiger charge is 2.19. The highest BCUT2D eigenvalue weighted by atomic mass is 15.2. The molecule has 0 radical (unpaired) electrons. The Kier molecular flexibility index (Phi) is 3.10. The van der Waals surface area contributed by atoms with Crippen LogP contribution in [0.3, 0.4) is 0 Å². The topological polar surface area (TPSA) is 31.1 Å². The van der Waals surface area contributed by atoms with E-state index in [4.69, 9.17) is 0 Å². The molecule has 2 N–H and O–H groups in total. The summed E-state index contributed by atoms with van der Waals surface area (Å²) >= 11 is 0. The zero-order valence-corrected chi connectivity index (χ0v) is 11.2. The van der Waals surface area contributed by atoms with Crippen LogP contribution in [-0.4, -0.2) is 42.6 Å². The lowest BCUT2D eigenvalue weighted by molar-refractivity contribution is 0.238. The monoisotopic (exact) mass is 243 g/mol. The number of nitrogens with one attached hydrogen (secondary N) is 2. The van der Waals surface area contributed by atoms with Gasteiger partial charge in [0.25, 0.3) is 0 Å². The van der Waals surface area contributed by atoms with Crippen LogP contribution in [0.2, 0.25) is 0 Å². The van der Waals surface area contributed by atoms with Gasteiger partial charge in [0.05, 0.1) is 0 Å². The van der Waals surface area contributed by atoms with Crippen molar-refractivity contribution < 1.29 is 0 Å². The number of hydrogen-bond acceptors (Lipinski definition) is 2. The van der Waals surface area contributed by atoms with Crippen LogP contribution in [0.4, 0.5) is 0 Å². The molecule has 1 aliphatic heterocycles. The van der Waals surface area contributed by atoms with Gasteiger partial charge in [0.1, 0.15) is 0 Å². The van der Waals surface area contributed by atoms with Crippen molar-refractivity contribution in [2.24, 2.45) is 0 Å². The number of para-hydroxylation sites is 1. The minimum atomic E-state index is 0.571. The van der Waals surface area contributed by atoms with Gasteiger partial charge in [-0.2, -0.15) is 0 Å². The van der Waals surface area contributed by atoms with Gasteiger partial charge < -0.3 is 15.2 Å². The number of aryl methyl sites for hydroxylation is 1. The standard InChI is InChI=1S/C15H21N3/c1-11-14(9-12-10-18(2)8-7-16-12)13-5-3-4-6-15(13)17-11/h3-6,12,16-17H,7-10H2,1-2H3. The molecule has 96 valence electrons. The molecule has 3 rings (SSSR count). The van der Waals surface area contributed by atoms with Gasteiger partial charge in [-0.15, -0.1) is 0 Å². The summed E-state index contributed by atoms with van der Waals surface area (Å²) in [5.41, 5.74) is 4.04. The van der Waals surface area contributed by atoms with E-state index in [1.165, 1.54) is 22.2 Å². The molecule has 3 nitrogen and oxygen atoms in total. The van der Waals surface area contributed by atoms with Gasteiger partial charge in [-0.25, -0.2) is 0 Å². The average molecular weight is 243 g/mol. The van der Waals surface area contributed by atoms with E-state index < -0.39 is 0 Å². The molecule has 2 aromatic rings. The number of rotatable bonds is 2. The number of fused-ring (bicyclic) bond motifs is 1. The van der Waals surface area contributed by atoms with Gasteiger partial charge >= 0.3 is 0 Å². The van der Waals surface area contributed by atoms with Crippen molar-refractivity contribution in [1.82, 2.24) is 15.2 Å². The highest BCUT2D eigenvalue weighted by Crippen LogP contribution is 2.23. The largest absolute Gasteiger partial charge is 0.358 e. The third-order valence-corrected chi connectivity index (χ3v) is 3.94. The number of aromatic nitrogens is 1. The molecule has 0 saturated carbocycles. The second kappa shape index (κ2) is 4.75. The average Bonchev–Trinajstić information content (AvgIpc) is 2.66. The maximum absolute atomic E-state index is 3.62. The summed E-state index contributed by atoms with van der Waals surface area (Å²) in [5.74, 6) is 0. The third-order valence-electron chi connectivity index (χ3n) is 3.94. The van der Waals surface area contributed by atoms with Crippen LogP contribution >= 0.6 is 0 Å². The summed E-state index contributed by atoms with van der Waals surface area (Å²) in [5, 5.41) is 5.00. The van der Waals surface area contributed by atoms with Crippen LogP contribution in [0.5, 0.6) is 0 Å². The maximum Gasteiger partial charge on any atom is 0.0458 e. The van der Waals surface area contributed by atoms with E-state index >= 15 is 0 Å². The van der Waals surface area contributed by atoms with Crippen molar-refractivity contribution in [3.05, 3.63) is 35.5 Å². The Morgan fingerprint density at radius 1 is 1.33 bits per heavy atom. The number of piperazine rings is 1. The molecule has 0 spiro atoms. The van der Waals surface area contributed by atoms with Crippen LogP contribution < -0.4 is 5.32 Å². The quantitative estimate of drug-likeness (QED) is 0.844. The van der Waals surface area contributed by atoms with Crippen LogP contribution in [-0.2, 0) is 6.42 Å². The summed E-state index contributed by atoms with van der Waals surface area (Å²) in [6.07, 6.45) is 1.11. The lowest BCUT2D eigenvalue weighted by atomic mass is 10.0. The molecule has 3 heteroatoms. The summed E-state index contributed by atoms with van der Waals surface area (Å²) < 4.78 is 0.